The topological polar surface area (TPSA) is 78.9 Å². The van der Waals surface area contributed by atoms with Crippen molar-refractivity contribution in [2.24, 2.45) is 0 Å². The third-order valence-corrected chi connectivity index (χ3v) is 14.3. The van der Waals surface area contributed by atoms with Crippen LogP contribution in [0.4, 0.5) is 0 Å². The summed E-state index contributed by atoms with van der Waals surface area (Å²) in [6.07, 6.45) is 76.9. The molecule has 0 aromatic rings. The minimum Gasteiger partial charge on any atom is -0.462 e. The number of allylic oxidation sites excluding steroid dienone is 8. The van der Waals surface area contributed by atoms with Crippen LogP contribution in [0.1, 0.15) is 342 Å². The second-order valence-electron chi connectivity index (χ2n) is 21.7. The summed E-state index contributed by atoms with van der Waals surface area (Å²) in [6.45, 7) is 6.57. The molecule has 1 unspecified atom stereocenters. The zero-order valence-corrected chi connectivity index (χ0v) is 48.9. The molecule has 0 radical (unpaired) electrons. The predicted octanol–water partition coefficient (Wildman–Crippen LogP) is 21.8. The first-order valence-corrected chi connectivity index (χ1v) is 32.1. The zero-order valence-electron chi connectivity index (χ0n) is 48.9. The van der Waals surface area contributed by atoms with Crippen LogP contribution in [0.15, 0.2) is 48.6 Å². The molecule has 0 N–H and O–H groups in total. The van der Waals surface area contributed by atoms with Crippen molar-refractivity contribution in [2.45, 2.75) is 348 Å². The first-order valence-electron chi connectivity index (χ1n) is 32.1. The number of hydrogen-bond acceptors (Lipinski definition) is 6. The van der Waals surface area contributed by atoms with E-state index in [4.69, 9.17) is 14.2 Å². The fourth-order valence-corrected chi connectivity index (χ4v) is 9.56. The van der Waals surface area contributed by atoms with E-state index in [0.29, 0.717) is 19.3 Å². The van der Waals surface area contributed by atoms with E-state index in [9.17, 15) is 14.4 Å². The Hall–Kier alpha value is -2.63. The molecule has 6 nitrogen and oxygen atoms in total. The smallest absolute Gasteiger partial charge is 0.306 e. The molecule has 0 bridgehead atoms. The van der Waals surface area contributed by atoms with E-state index in [-0.39, 0.29) is 31.1 Å². The molecule has 0 aromatic heterocycles. The Morgan fingerprint density at radius 2 is 0.534 bits per heavy atom. The number of carbonyl (C=O) groups is 3. The van der Waals surface area contributed by atoms with Crippen molar-refractivity contribution in [3.8, 4) is 0 Å². The normalized spacial score (nSPS) is 12.3. The van der Waals surface area contributed by atoms with Crippen molar-refractivity contribution in [3.05, 3.63) is 48.6 Å². The summed E-state index contributed by atoms with van der Waals surface area (Å²) in [5, 5.41) is 0. The van der Waals surface area contributed by atoms with Gasteiger partial charge >= 0.3 is 17.9 Å². The van der Waals surface area contributed by atoms with Crippen molar-refractivity contribution in [3.63, 3.8) is 0 Å². The number of rotatable bonds is 59. The quantitative estimate of drug-likeness (QED) is 0.0261. The average Bonchev–Trinajstić information content (AvgIpc) is 3.39. The van der Waals surface area contributed by atoms with Crippen LogP contribution in [0.5, 0.6) is 0 Å². The molecule has 0 aliphatic heterocycles. The van der Waals surface area contributed by atoms with Gasteiger partial charge in [-0.25, -0.2) is 0 Å². The van der Waals surface area contributed by atoms with Gasteiger partial charge in [-0.1, -0.05) is 313 Å². The van der Waals surface area contributed by atoms with Gasteiger partial charge in [0.15, 0.2) is 6.10 Å². The molecule has 0 saturated heterocycles. The minimum atomic E-state index is -0.783. The Balaban J connectivity index is 4.34. The van der Waals surface area contributed by atoms with Gasteiger partial charge in [-0.2, -0.15) is 0 Å². The van der Waals surface area contributed by atoms with E-state index < -0.39 is 6.10 Å². The van der Waals surface area contributed by atoms with Gasteiger partial charge in [-0.3, -0.25) is 14.4 Å². The van der Waals surface area contributed by atoms with E-state index in [1.165, 1.54) is 205 Å². The molecule has 0 aliphatic rings. The molecule has 426 valence electrons. The Kier molecular flexibility index (Phi) is 59.7. The maximum absolute atomic E-state index is 12.9. The summed E-state index contributed by atoms with van der Waals surface area (Å²) in [7, 11) is 0. The lowest BCUT2D eigenvalue weighted by atomic mass is 10.0. The molecule has 0 fully saturated rings. The van der Waals surface area contributed by atoms with Crippen LogP contribution in [0.2, 0.25) is 0 Å². The molecule has 73 heavy (non-hydrogen) atoms. The summed E-state index contributed by atoms with van der Waals surface area (Å²) >= 11 is 0. The van der Waals surface area contributed by atoms with Crippen molar-refractivity contribution in [1.29, 1.82) is 0 Å². The first kappa shape index (κ1) is 70.4. The van der Waals surface area contributed by atoms with Gasteiger partial charge in [-0.15, -0.1) is 0 Å². The fourth-order valence-electron chi connectivity index (χ4n) is 9.56. The second kappa shape index (κ2) is 61.9. The number of hydrogen-bond donors (Lipinski definition) is 0. The van der Waals surface area contributed by atoms with Gasteiger partial charge in [-0.05, 0) is 57.8 Å². The molecule has 0 aromatic carbocycles. The van der Waals surface area contributed by atoms with Gasteiger partial charge in [0, 0.05) is 19.3 Å². The molecule has 0 amide bonds. The lowest BCUT2D eigenvalue weighted by molar-refractivity contribution is -0.167. The molecular formula is C67H122O6. The number of unbranched alkanes of at least 4 members (excludes halogenated alkanes) is 40. The Labute approximate surface area is 454 Å². The van der Waals surface area contributed by atoms with Crippen molar-refractivity contribution >= 4 is 17.9 Å². The summed E-state index contributed by atoms with van der Waals surface area (Å²) < 4.78 is 16.9. The van der Waals surface area contributed by atoms with Crippen LogP contribution >= 0.6 is 0 Å². The molecule has 0 aliphatic carbocycles. The molecular weight excluding hydrogens is 901 g/mol. The van der Waals surface area contributed by atoms with Gasteiger partial charge < -0.3 is 14.2 Å². The van der Waals surface area contributed by atoms with Crippen molar-refractivity contribution in [1.82, 2.24) is 0 Å². The zero-order chi connectivity index (χ0) is 52.9. The Morgan fingerprint density at radius 3 is 0.836 bits per heavy atom. The highest BCUT2D eigenvalue weighted by Gasteiger charge is 2.19. The first-order chi connectivity index (χ1) is 36.0. The molecule has 1 atom stereocenters. The van der Waals surface area contributed by atoms with Gasteiger partial charge in [0.1, 0.15) is 13.2 Å². The third-order valence-electron chi connectivity index (χ3n) is 14.3. The largest absolute Gasteiger partial charge is 0.462 e. The fraction of sp³-hybridized carbons (Fsp3) is 0.836. The van der Waals surface area contributed by atoms with E-state index >= 15 is 0 Å². The average molecular weight is 1020 g/mol. The summed E-state index contributed by atoms with van der Waals surface area (Å²) in [5.74, 6) is -0.878. The van der Waals surface area contributed by atoms with Crippen LogP contribution in [0.3, 0.4) is 0 Å². The lowest BCUT2D eigenvalue weighted by Gasteiger charge is -2.18. The van der Waals surface area contributed by atoms with Crippen LogP contribution in [0.25, 0.3) is 0 Å². The molecule has 0 heterocycles. The maximum Gasteiger partial charge on any atom is 0.306 e. The van der Waals surface area contributed by atoms with Crippen LogP contribution < -0.4 is 0 Å². The van der Waals surface area contributed by atoms with Crippen molar-refractivity contribution < 1.29 is 28.6 Å². The minimum absolute atomic E-state index is 0.0783. The van der Waals surface area contributed by atoms with Crippen LogP contribution in [-0.2, 0) is 28.6 Å². The molecule has 0 spiro atoms. The van der Waals surface area contributed by atoms with Crippen LogP contribution in [-0.4, -0.2) is 37.2 Å². The molecule has 0 rings (SSSR count). The number of esters is 3. The second-order valence-corrected chi connectivity index (χ2v) is 21.7. The monoisotopic (exact) mass is 1020 g/mol. The van der Waals surface area contributed by atoms with Gasteiger partial charge in [0.05, 0.1) is 0 Å². The summed E-state index contributed by atoms with van der Waals surface area (Å²) in [4.78, 5) is 38.3. The highest BCUT2D eigenvalue weighted by molar-refractivity contribution is 5.71. The van der Waals surface area contributed by atoms with Gasteiger partial charge in [0.2, 0.25) is 0 Å². The summed E-state index contributed by atoms with van der Waals surface area (Å²) in [5.41, 5.74) is 0. The lowest BCUT2D eigenvalue weighted by Crippen LogP contribution is -2.30. The van der Waals surface area contributed by atoms with E-state index in [2.05, 4.69) is 69.4 Å². The maximum atomic E-state index is 12.9. The Bertz CT molecular complexity index is 1270. The molecule has 6 heteroatoms. The Morgan fingerprint density at radius 1 is 0.288 bits per heavy atom. The van der Waals surface area contributed by atoms with Crippen LogP contribution in [0, 0.1) is 0 Å². The highest BCUT2D eigenvalue weighted by atomic mass is 16.6. The highest BCUT2D eigenvalue weighted by Crippen LogP contribution is 2.18. The molecule has 0 saturated carbocycles. The standard InChI is InChI=1S/C67H122O6/c1-4-7-10-13-16-19-22-25-28-31-32-33-34-37-39-42-45-48-51-54-57-60-66(69)72-63-64(73-67(70)61-58-55-52-49-46-43-40-36-30-27-24-21-18-15-12-9-6-3)62-71-65(68)59-56-53-50-47-44-41-38-35-29-26-23-20-17-14-11-8-5-2/h9,12,18,21,27,30,40,43,64H,4-8,10-11,13-17,19-20,22-26,28-29,31-39,41-42,44-63H2,1-3H3/b12-9-,21-18-,30-27-,43-40-. The number of ether oxygens (including phenoxy) is 3. The van der Waals surface area contributed by atoms with E-state index in [1.54, 1.807) is 0 Å². The van der Waals surface area contributed by atoms with Crippen molar-refractivity contribution in [2.75, 3.05) is 13.2 Å². The number of carbonyl (C=O) groups excluding carboxylic acids is 3. The summed E-state index contributed by atoms with van der Waals surface area (Å²) in [6, 6.07) is 0. The predicted molar refractivity (Wildman–Crippen MR) is 316 cm³/mol. The van der Waals surface area contributed by atoms with Gasteiger partial charge in [0.25, 0.3) is 0 Å². The SMILES string of the molecule is CC/C=C\C/C=C\C/C=C\C/C=C\CCCCCCC(=O)OC(COC(=O)CCCCCCCCCCCCCCCCCCC)COC(=O)CCCCCCCCCCCCCCCCCCCCCCC. The third kappa shape index (κ3) is 60.1. The van der Waals surface area contributed by atoms with E-state index in [1.807, 2.05) is 0 Å². The van der Waals surface area contributed by atoms with E-state index in [0.717, 1.165) is 96.3 Å².